The summed E-state index contributed by atoms with van der Waals surface area (Å²) < 4.78 is 32.5. The maximum atomic E-state index is 12.5. The molecule has 0 aliphatic rings. The minimum absolute atomic E-state index is 0.146. The van der Waals surface area contributed by atoms with Gasteiger partial charge in [-0.3, -0.25) is 4.72 Å². The summed E-state index contributed by atoms with van der Waals surface area (Å²) in [6.45, 7) is 2.32. The molecule has 6 nitrogen and oxygen atoms in total. The average Bonchev–Trinajstić information content (AvgIpc) is 2.48. The summed E-state index contributed by atoms with van der Waals surface area (Å²) in [4.78, 5) is 10.7. The smallest absolute Gasteiger partial charge is 0.337 e. The minimum Gasteiger partial charge on any atom is -0.494 e. The number of rotatable bonds is 6. The molecule has 0 heterocycles. The molecule has 0 aromatic heterocycles. The van der Waals surface area contributed by atoms with Gasteiger partial charge in [0.1, 0.15) is 10.6 Å². The number of carboxylic acid groups (broad SMARTS) is 1. The predicted molar refractivity (Wildman–Crippen MR) is 91.8 cm³/mol. The van der Waals surface area contributed by atoms with Crippen molar-refractivity contribution in [1.82, 2.24) is 0 Å². The molecule has 128 valence electrons. The first-order chi connectivity index (χ1) is 11.2. The number of hydrogen-bond acceptors (Lipinski definition) is 4. The first-order valence-electron chi connectivity index (χ1n) is 6.72. The summed E-state index contributed by atoms with van der Waals surface area (Å²) in [7, 11) is -4.09. The van der Waals surface area contributed by atoms with E-state index in [2.05, 4.69) is 4.72 Å². The third-order valence-corrected chi connectivity index (χ3v) is 5.12. The average molecular weight is 390 g/mol. The van der Waals surface area contributed by atoms with Crippen molar-refractivity contribution >= 4 is 44.9 Å². The summed E-state index contributed by atoms with van der Waals surface area (Å²) in [5, 5.41) is 8.74. The van der Waals surface area contributed by atoms with Crippen LogP contribution in [0.25, 0.3) is 0 Å². The molecule has 9 heteroatoms. The molecule has 2 aromatic carbocycles. The van der Waals surface area contributed by atoms with Crippen LogP contribution in [0, 0.1) is 0 Å². The lowest BCUT2D eigenvalue weighted by atomic mass is 10.2. The van der Waals surface area contributed by atoms with E-state index in [9.17, 15) is 13.2 Å². The molecule has 0 fully saturated rings. The van der Waals surface area contributed by atoms with Crippen molar-refractivity contribution < 1.29 is 23.1 Å². The Balaban J connectivity index is 2.36. The Hall–Kier alpha value is -1.96. The zero-order chi connectivity index (χ0) is 17.9. The van der Waals surface area contributed by atoms with E-state index < -0.39 is 16.0 Å². The number of anilines is 1. The van der Waals surface area contributed by atoms with Gasteiger partial charge in [0.05, 0.1) is 22.2 Å². The maximum Gasteiger partial charge on any atom is 0.337 e. The van der Waals surface area contributed by atoms with Crippen LogP contribution >= 0.6 is 23.2 Å². The SMILES string of the molecule is CCOc1ccc(NS(=O)(=O)c2cc(C(=O)O)c(Cl)cc2Cl)cc1. The van der Waals surface area contributed by atoms with Gasteiger partial charge >= 0.3 is 5.97 Å². The molecule has 0 atom stereocenters. The van der Waals surface area contributed by atoms with Gasteiger partial charge in [0.25, 0.3) is 10.0 Å². The van der Waals surface area contributed by atoms with Crippen molar-refractivity contribution in [1.29, 1.82) is 0 Å². The summed E-state index contributed by atoms with van der Waals surface area (Å²) in [6.07, 6.45) is 0. The Kier molecular flexibility index (Phi) is 5.58. The third-order valence-electron chi connectivity index (χ3n) is 2.96. The topological polar surface area (TPSA) is 92.7 Å². The highest BCUT2D eigenvalue weighted by Crippen LogP contribution is 2.30. The number of halogens is 2. The van der Waals surface area contributed by atoms with Crippen LogP contribution in [-0.4, -0.2) is 26.1 Å². The van der Waals surface area contributed by atoms with Crippen LogP contribution in [0.4, 0.5) is 5.69 Å². The second-order valence-electron chi connectivity index (χ2n) is 4.63. The Bertz CT molecular complexity index is 866. The number of sulfonamides is 1. The number of carbonyl (C=O) groups is 1. The molecule has 0 aliphatic heterocycles. The van der Waals surface area contributed by atoms with Crippen molar-refractivity contribution in [2.75, 3.05) is 11.3 Å². The van der Waals surface area contributed by atoms with Gasteiger partial charge < -0.3 is 9.84 Å². The van der Waals surface area contributed by atoms with Gasteiger partial charge in [-0.1, -0.05) is 23.2 Å². The van der Waals surface area contributed by atoms with E-state index in [1.165, 1.54) is 12.1 Å². The van der Waals surface area contributed by atoms with Crippen LogP contribution < -0.4 is 9.46 Å². The molecule has 2 rings (SSSR count). The van der Waals surface area contributed by atoms with E-state index in [0.29, 0.717) is 12.4 Å². The fourth-order valence-corrected chi connectivity index (χ4v) is 3.81. The molecule has 24 heavy (non-hydrogen) atoms. The van der Waals surface area contributed by atoms with Crippen LogP contribution in [-0.2, 0) is 10.0 Å². The second kappa shape index (κ2) is 7.29. The molecule has 0 saturated carbocycles. The molecule has 0 radical (unpaired) electrons. The third kappa shape index (κ3) is 4.11. The second-order valence-corrected chi connectivity index (χ2v) is 7.10. The molecule has 0 saturated heterocycles. The Morgan fingerprint density at radius 1 is 1.17 bits per heavy atom. The van der Waals surface area contributed by atoms with E-state index in [1.54, 1.807) is 12.1 Å². The molecule has 0 bridgehead atoms. The fraction of sp³-hybridized carbons (Fsp3) is 0.133. The van der Waals surface area contributed by atoms with Crippen LogP contribution in [0.15, 0.2) is 41.3 Å². The first-order valence-corrected chi connectivity index (χ1v) is 8.96. The van der Waals surface area contributed by atoms with Crippen LogP contribution in [0.5, 0.6) is 5.75 Å². The number of carboxylic acids is 1. The van der Waals surface area contributed by atoms with Gasteiger partial charge in [-0.05, 0) is 43.3 Å². The Morgan fingerprint density at radius 2 is 1.79 bits per heavy atom. The monoisotopic (exact) mass is 389 g/mol. The molecule has 0 spiro atoms. The van der Waals surface area contributed by atoms with E-state index in [1.807, 2.05) is 6.92 Å². The van der Waals surface area contributed by atoms with E-state index in [0.717, 1.165) is 12.1 Å². The number of hydrogen-bond donors (Lipinski definition) is 2. The van der Waals surface area contributed by atoms with Gasteiger partial charge in [-0.25, -0.2) is 13.2 Å². The summed E-state index contributed by atoms with van der Waals surface area (Å²) in [5.41, 5.74) is -0.0746. The van der Waals surface area contributed by atoms with Crippen LogP contribution in [0.1, 0.15) is 17.3 Å². The maximum absolute atomic E-state index is 12.5. The van der Waals surface area contributed by atoms with Crippen LogP contribution in [0.3, 0.4) is 0 Å². The number of benzene rings is 2. The predicted octanol–water partition coefficient (Wildman–Crippen LogP) is 3.89. The summed E-state index contributed by atoms with van der Waals surface area (Å²) >= 11 is 11.7. The zero-order valence-corrected chi connectivity index (χ0v) is 14.7. The fourth-order valence-electron chi connectivity index (χ4n) is 1.89. The van der Waals surface area contributed by atoms with Crippen molar-refractivity contribution in [3.05, 3.63) is 52.0 Å². The van der Waals surface area contributed by atoms with Gasteiger partial charge in [0, 0.05) is 5.69 Å². The minimum atomic E-state index is -4.09. The standard InChI is InChI=1S/C15H13Cl2NO5S/c1-2-23-10-5-3-9(4-6-10)18-24(21,22)14-7-11(15(19)20)12(16)8-13(14)17/h3-8,18H,2H2,1H3,(H,19,20). The number of nitrogens with one attached hydrogen (secondary N) is 1. The highest BCUT2D eigenvalue weighted by molar-refractivity contribution is 7.92. The molecule has 0 amide bonds. The van der Waals surface area contributed by atoms with Crippen molar-refractivity contribution in [3.8, 4) is 5.75 Å². The normalized spacial score (nSPS) is 11.1. The molecule has 0 aliphatic carbocycles. The zero-order valence-electron chi connectivity index (χ0n) is 12.4. The Morgan fingerprint density at radius 3 is 2.33 bits per heavy atom. The van der Waals surface area contributed by atoms with Gasteiger partial charge in [-0.15, -0.1) is 0 Å². The lowest BCUT2D eigenvalue weighted by Gasteiger charge is -2.11. The molecular weight excluding hydrogens is 377 g/mol. The van der Waals surface area contributed by atoms with Crippen molar-refractivity contribution in [2.45, 2.75) is 11.8 Å². The van der Waals surface area contributed by atoms with Crippen molar-refractivity contribution in [2.24, 2.45) is 0 Å². The first kappa shape index (κ1) is 18.4. The van der Waals surface area contributed by atoms with E-state index >= 15 is 0 Å². The van der Waals surface area contributed by atoms with E-state index in [-0.39, 0.29) is 26.2 Å². The number of ether oxygens (including phenoxy) is 1. The molecule has 2 aromatic rings. The van der Waals surface area contributed by atoms with Gasteiger partial charge in [0.2, 0.25) is 0 Å². The number of aromatic carboxylic acids is 1. The largest absolute Gasteiger partial charge is 0.494 e. The quantitative estimate of drug-likeness (QED) is 0.781. The van der Waals surface area contributed by atoms with Crippen LogP contribution in [0.2, 0.25) is 10.0 Å². The molecular formula is C15H13Cl2NO5S. The molecule has 2 N–H and O–H groups in total. The van der Waals surface area contributed by atoms with Gasteiger partial charge in [0.15, 0.2) is 0 Å². The van der Waals surface area contributed by atoms with Gasteiger partial charge in [-0.2, -0.15) is 0 Å². The summed E-state index contributed by atoms with van der Waals surface area (Å²) in [5.74, 6) is -0.757. The highest BCUT2D eigenvalue weighted by Gasteiger charge is 2.22. The molecule has 0 unspecified atom stereocenters. The Labute approximate surface area is 149 Å². The van der Waals surface area contributed by atoms with E-state index in [4.69, 9.17) is 33.0 Å². The lowest BCUT2D eigenvalue weighted by molar-refractivity contribution is 0.0697. The highest BCUT2D eigenvalue weighted by atomic mass is 35.5. The van der Waals surface area contributed by atoms with Crippen molar-refractivity contribution in [3.63, 3.8) is 0 Å². The lowest BCUT2D eigenvalue weighted by Crippen LogP contribution is -2.14. The summed E-state index contributed by atoms with van der Waals surface area (Å²) in [6, 6.07) is 8.25.